The maximum Gasteiger partial charge on any atom is 0.134 e. The number of nitrogens with one attached hydrogen (secondary N) is 1. The normalized spacial score (nSPS) is 12.7. The standard InChI is InChI=1S/C24H30N4O2/c1-7-17(29-5)8-10-19-16(2)15-26-22-20-11-9-18(30-6)14-21(20)24(27-23(19)22)25-12-13-28(3)4/h8-11,14-15H,2,7,12-13H2,1,3-6H3,(H,25,27)/b17-8+,19-10+. The quantitative estimate of drug-likeness (QED) is 0.459. The van der Waals surface area contributed by atoms with Gasteiger partial charge in [-0.15, -0.1) is 0 Å². The van der Waals surface area contributed by atoms with E-state index in [-0.39, 0.29) is 0 Å². The van der Waals surface area contributed by atoms with Gasteiger partial charge in [0.25, 0.3) is 0 Å². The van der Waals surface area contributed by atoms with Crippen molar-refractivity contribution in [1.82, 2.24) is 14.9 Å². The zero-order valence-corrected chi connectivity index (χ0v) is 18.5. The largest absolute Gasteiger partial charge is 0.501 e. The van der Waals surface area contributed by atoms with Crippen LogP contribution in [0.4, 0.5) is 5.82 Å². The number of allylic oxidation sites excluding steroid dienone is 2. The highest BCUT2D eigenvalue weighted by Crippen LogP contribution is 2.30. The van der Waals surface area contributed by atoms with Crippen molar-refractivity contribution in [3.8, 4) is 5.75 Å². The molecule has 0 aliphatic heterocycles. The fourth-order valence-corrected chi connectivity index (χ4v) is 3.31. The molecule has 0 saturated carbocycles. The second kappa shape index (κ2) is 9.59. The Balaban J connectivity index is 2.30. The van der Waals surface area contributed by atoms with Gasteiger partial charge < -0.3 is 19.7 Å². The van der Waals surface area contributed by atoms with E-state index in [1.807, 2.05) is 30.4 Å². The van der Waals surface area contributed by atoms with Crippen molar-refractivity contribution in [2.75, 3.05) is 46.7 Å². The molecule has 1 N–H and O–H groups in total. The lowest BCUT2D eigenvalue weighted by Gasteiger charge is -2.14. The summed E-state index contributed by atoms with van der Waals surface area (Å²) in [6.45, 7) is 7.90. The number of methoxy groups -OCH3 is 2. The molecular formula is C24H30N4O2. The number of rotatable bonds is 8. The minimum Gasteiger partial charge on any atom is -0.501 e. The van der Waals surface area contributed by atoms with Gasteiger partial charge in [0.15, 0.2) is 0 Å². The number of nitrogens with zero attached hydrogens (tertiary/aromatic N) is 3. The van der Waals surface area contributed by atoms with Crippen molar-refractivity contribution in [2.24, 2.45) is 0 Å². The van der Waals surface area contributed by atoms with Crippen LogP contribution in [-0.2, 0) is 4.74 Å². The minimum absolute atomic E-state index is 0.776. The van der Waals surface area contributed by atoms with Crippen LogP contribution < -0.4 is 20.5 Å². The number of aromatic nitrogens is 2. The van der Waals surface area contributed by atoms with Gasteiger partial charge in [-0.25, -0.2) is 4.98 Å². The Morgan fingerprint density at radius 2 is 2.00 bits per heavy atom. The third-order valence-corrected chi connectivity index (χ3v) is 5.03. The SMILES string of the molecule is C=c1cnc2c(nc(NCCN(C)C)c3cc(OC)ccc32)/c1=C/C=C(\CC)OC. The first-order chi connectivity index (χ1) is 14.5. The molecule has 2 heterocycles. The number of likely N-dealkylation sites (N-methyl/N-ethyl adjacent to an activating group) is 1. The third-order valence-electron chi connectivity index (χ3n) is 5.03. The monoisotopic (exact) mass is 406 g/mol. The molecular weight excluding hydrogens is 376 g/mol. The molecule has 6 nitrogen and oxygen atoms in total. The number of hydrogen-bond acceptors (Lipinski definition) is 6. The molecule has 0 amide bonds. The first-order valence-electron chi connectivity index (χ1n) is 10.1. The zero-order valence-electron chi connectivity index (χ0n) is 18.5. The predicted octanol–water partition coefficient (Wildman–Crippen LogP) is 2.90. The van der Waals surface area contributed by atoms with E-state index < -0.39 is 0 Å². The van der Waals surface area contributed by atoms with Crippen LogP contribution in [0.2, 0.25) is 0 Å². The van der Waals surface area contributed by atoms with E-state index in [0.717, 1.165) is 69.1 Å². The highest BCUT2D eigenvalue weighted by atomic mass is 16.5. The van der Waals surface area contributed by atoms with Crippen LogP contribution in [0, 0.1) is 0 Å². The zero-order chi connectivity index (χ0) is 21.7. The Morgan fingerprint density at radius 1 is 1.20 bits per heavy atom. The molecule has 0 aliphatic rings. The summed E-state index contributed by atoms with van der Waals surface area (Å²) >= 11 is 0. The molecule has 3 rings (SSSR count). The van der Waals surface area contributed by atoms with Gasteiger partial charge in [0.2, 0.25) is 0 Å². The van der Waals surface area contributed by atoms with Crippen LogP contribution in [0.25, 0.3) is 34.5 Å². The maximum absolute atomic E-state index is 5.44. The van der Waals surface area contributed by atoms with Crippen LogP contribution in [-0.4, -0.2) is 56.3 Å². The second-order valence-electron chi connectivity index (χ2n) is 7.35. The summed E-state index contributed by atoms with van der Waals surface area (Å²) in [5.41, 5.74) is 1.66. The Labute approximate surface area is 177 Å². The van der Waals surface area contributed by atoms with E-state index in [2.05, 4.69) is 42.8 Å². The molecule has 0 spiro atoms. The summed E-state index contributed by atoms with van der Waals surface area (Å²) in [6.07, 6.45) is 6.60. The molecule has 3 aromatic rings. The van der Waals surface area contributed by atoms with E-state index in [4.69, 9.17) is 14.5 Å². The minimum atomic E-state index is 0.776. The van der Waals surface area contributed by atoms with Crippen molar-refractivity contribution in [2.45, 2.75) is 13.3 Å². The van der Waals surface area contributed by atoms with E-state index in [9.17, 15) is 0 Å². The molecule has 1 aromatic carbocycles. The number of benzene rings is 1. The Kier molecular flexibility index (Phi) is 6.90. The number of ether oxygens (including phenoxy) is 2. The van der Waals surface area contributed by atoms with E-state index in [1.54, 1.807) is 20.4 Å². The fourth-order valence-electron chi connectivity index (χ4n) is 3.31. The smallest absolute Gasteiger partial charge is 0.134 e. The average Bonchev–Trinajstić information content (AvgIpc) is 2.75. The number of fused-ring (bicyclic) bond motifs is 3. The van der Waals surface area contributed by atoms with E-state index in [1.165, 1.54) is 0 Å². The van der Waals surface area contributed by atoms with Crippen molar-refractivity contribution < 1.29 is 9.47 Å². The Bertz CT molecular complexity index is 1180. The lowest BCUT2D eigenvalue weighted by molar-refractivity contribution is 0.281. The predicted molar refractivity (Wildman–Crippen MR) is 125 cm³/mol. The van der Waals surface area contributed by atoms with Crippen molar-refractivity contribution in [1.29, 1.82) is 0 Å². The molecule has 0 unspecified atom stereocenters. The number of pyridine rings is 2. The van der Waals surface area contributed by atoms with Gasteiger partial charge in [-0.1, -0.05) is 13.5 Å². The van der Waals surface area contributed by atoms with Gasteiger partial charge >= 0.3 is 0 Å². The van der Waals surface area contributed by atoms with Crippen molar-refractivity contribution in [3.63, 3.8) is 0 Å². The maximum atomic E-state index is 5.44. The second-order valence-corrected chi connectivity index (χ2v) is 7.35. The third kappa shape index (κ3) is 4.54. The van der Waals surface area contributed by atoms with Crippen LogP contribution >= 0.6 is 0 Å². The average molecular weight is 407 g/mol. The van der Waals surface area contributed by atoms with Gasteiger partial charge in [-0.3, -0.25) is 4.98 Å². The van der Waals surface area contributed by atoms with Gasteiger partial charge in [0.1, 0.15) is 11.6 Å². The summed E-state index contributed by atoms with van der Waals surface area (Å²) in [7, 11) is 7.46. The summed E-state index contributed by atoms with van der Waals surface area (Å²) in [4.78, 5) is 11.8. The Hall–Kier alpha value is -3.12. The molecule has 0 saturated heterocycles. The molecule has 0 atom stereocenters. The lowest BCUT2D eigenvalue weighted by atomic mass is 10.1. The van der Waals surface area contributed by atoms with Crippen molar-refractivity contribution >= 4 is 40.3 Å². The Morgan fingerprint density at radius 3 is 2.67 bits per heavy atom. The van der Waals surface area contributed by atoms with Crippen LogP contribution in [0.1, 0.15) is 13.3 Å². The van der Waals surface area contributed by atoms with Crippen LogP contribution in [0.5, 0.6) is 5.75 Å². The number of hydrogen-bond donors (Lipinski definition) is 1. The number of anilines is 1. The molecule has 0 aliphatic carbocycles. The van der Waals surface area contributed by atoms with Gasteiger partial charge in [-0.05, 0) is 49.7 Å². The van der Waals surface area contributed by atoms with E-state index >= 15 is 0 Å². The van der Waals surface area contributed by atoms with Gasteiger partial charge in [0, 0.05) is 41.7 Å². The molecule has 0 radical (unpaired) electrons. The summed E-state index contributed by atoms with van der Waals surface area (Å²) in [6, 6.07) is 5.99. The molecule has 6 heteroatoms. The lowest BCUT2D eigenvalue weighted by Crippen LogP contribution is -2.26. The summed E-state index contributed by atoms with van der Waals surface area (Å²) in [5, 5.41) is 7.26. The molecule has 0 bridgehead atoms. The van der Waals surface area contributed by atoms with Crippen LogP contribution in [0.3, 0.4) is 0 Å². The highest BCUT2D eigenvalue weighted by molar-refractivity contribution is 6.08. The summed E-state index contributed by atoms with van der Waals surface area (Å²) < 4.78 is 10.9. The van der Waals surface area contributed by atoms with E-state index in [0.29, 0.717) is 0 Å². The molecule has 2 aromatic heterocycles. The molecule has 0 fully saturated rings. The molecule has 158 valence electrons. The highest BCUT2D eigenvalue weighted by Gasteiger charge is 2.12. The van der Waals surface area contributed by atoms with Crippen LogP contribution in [0.15, 0.2) is 36.2 Å². The van der Waals surface area contributed by atoms with Gasteiger partial charge in [0.05, 0.1) is 31.0 Å². The van der Waals surface area contributed by atoms with Gasteiger partial charge in [-0.2, -0.15) is 0 Å². The van der Waals surface area contributed by atoms with Crippen molar-refractivity contribution in [3.05, 3.63) is 46.7 Å². The molecule has 30 heavy (non-hydrogen) atoms. The first kappa shape index (κ1) is 21.6. The first-order valence-corrected chi connectivity index (χ1v) is 10.1. The summed E-state index contributed by atoms with van der Waals surface area (Å²) in [5.74, 6) is 2.50. The fraction of sp³-hybridized carbons (Fsp3) is 0.333. The topological polar surface area (TPSA) is 59.5 Å².